The minimum Gasteiger partial charge on any atom is -0.463 e. The summed E-state index contributed by atoms with van der Waals surface area (Å²) in [6.45, 7) is 5.37. The predicted molar refractivity (Wildman–Crippen MR) is 75.1 cm³/mol. The lowest BCUT2D eigenvalue weighted by Crippen LogP contribution is -2.28. The molecule has 0 spiro atoms. The van der Waals surface area contributed by atoms with Gasteiger partial charge in [-0.15, -0.1) is 0 Å². The van der Waals surface area contributed by atoms with Gasteiger partial charge in [0.05, 0.1) is 17.1 Å². The molecule has 0 N–H and O–H groups in total. The quantitative estimate of drug-likeness (QED) is 0.484. The highest BCUT2D eigenvalue weighted by molar-refractivity contribution is 5.91. The lowest BCUT2D eigenvalue weighted by molar-refractivity contribution is -0.570. The van der Waals surface area contributed by atoms with Crippen molar-refractivity contribution in [2.24, 2.45) is 0 Å². The van der Waals surface area contributed by atoms with Gasteiger partial charge >= 0.3 is 12.2 Å². The molecule has 0 amide bonds. The number of aryl methyl sites for hydroxylation is 1. The smallest absolute Gasteiger partial charge is 0.364 e. The van der Waals surface area contributed by atoms with Crippen molar-refractivity contribution in [1.29, 1.82) is 0 Å². The fourth-order valence-corrected chi connectivity index (χ4v) is 2.42. The number of nitro groups is 1. The number of ether oxygens (including phenoxy) is 2. The van der Waals surface area contributed by atoms with Crippen LogP contribution < -0.4 is 0 Å². The normalized spacial score (nSPS) is 21.1. The summed E-state index contributed by atoms with van der Waals surface area (Å²) in [6, 6.07) is 7.25. The van der Waals surface area contributed by atoms with E-state index in [1.165, 1.54) is 0 Å². The Kier molecular flexibility index (Phi) is 4.26. The third-order valence-electron chi connectivity index (χ3n) is 3.41. The molecular weight excluding hydrogens is 274 g/mol. The Balaban J connectivity index is 2.45. The zero-order chi connectivity index (χ0) is 15.6. The number of carbonyl (C=O) groups is 1. The maximum absolute atomic E-state index is 12.1. The molecular formula is C15H17NO5. The molecule has 1 heterocycles. The highest BCUT2D eigenvalue weighted by atomic mass is 16.7. The maximum Gasteiger partial charge on any atom is 0.364 e. The molecule has 0 aromatic heterocycles. The molecule has 6 nitrogen and oxygen atoms in total. The van der Waals surface area contributed by atoms with Crippen molar-refractivity contribution in [1.82, 2.24) is 0 Å². The van der Waals surface area contributed by atoms with Gasteiger partial charge in [-0.25, -0.2) is 4.79 Å². The molecule has 2 rings (SSSR count). The average molecular weight is 291 g/mol. The molecule has 1 aliphatic heterocycles. The molecule has 1 aromatic rings. The molecule has 0 bridgehead atoms. The van der Waals surface area contributed by atoms with Crippen molar-refractivity contribution >= 4 is 5.97 Å². The summed E-state index contributed by atoms with van der Waals surface area (Å²) < 4.78 is 10.3. The molecule has 1 aliphatic rings. The van der Waals surface area contributed by atoms with Crippen molar-refractivity contribution in [3.05, 3.63) is 56.8 Å². The summed E-state index contributed by atoms with van der Waals surface area (Å²) in [5.74, 6) is -1.06. The van der Waals surface area contributed by atoms with E-state index in [9.17, 15) is 14.9 Å². The SMILES string of the molecule is CCOC(=O)C1=C(C)O[C@@H]([N+](=O)[O-])[C@@H]1c1ccc(C)cc1. The van der Waals surface area contributed by atoms with Gasteiger partial charge in [-0.1, -0.05) is 29.8 Å². The zero-order valence-electron chi connectivity index (χ0n) is 12.2. The summed E-state index contributed by atoms with van der Waals surface area (Å²) in [5, 5.41) is 11.2. The van der Waals surface area contributed by atoms with E-state index in [-0.39, 0.29) is 17.9 Å². The summed E-state index contributed by atoms with van der Waals surface area (Å²) in [6.07, 6.45) is -1.30. The minimum atomic E-state index is -1.30. The maximum atomic E-state index is 12.1. The van der Waals surface area contributed by atoms with Crippen LogP contribution in [0, 0.1) is 17.0 Å². The third-order valence-corrected chi connectivity index (χ3v) is 3.41. The van der Waals surface area contributed by atoms with Crippen molar-refractivity contribution in [2.45, 2.75) is 32.9 Å². The highest BCUT2D eigenvalue weighted by Crippen LogP contribution is 2.39. The number of hydrogen-bond acceptors (Lipinski definition) is 5. The summed E-state index contributed by atoms with van der Waals surface area (Å²) in [4.78, 5) is 22.8. The summed E-state index contributed by atoms with van der Waals surface area (Å²) >= 11 is 0. The highest BCUT2D eigenvalue weighted by Gasteiger charge is 2.47. The van der Waals surface area contributed by atoms with E-state index in [1.807, 2.05) is 19.1 Å². The van der Waals surface area contributed by atoms with Gasteiger partial charge in [0.15, 0.2) is 0 Å². The van der Waals surface area contributed by atoms with Crippen LogP contribution in [0.1, 0.15) is 30.9 Å². The molecule has 0 saturated carbocycles. The third kappa shape index (κ3) is 2.89. The van der Waals surface area contributed by atoms with Gasteiger partial charge in [-0.05, 0) is 26.3 Å². The van der Waals surface area contributed by atoms with Gasteiger partial charge in [-0.2, -0.15) is 0 Å². The Hall–Kier alpha value is -2.37. The number of rotatable bonds is 4. The van der Waals surface area contributed by atoms with E-state index in [4.69, 9.17) is 9.47 Å². The summed E-state index contributed by atoms with van der Waals surface area (Å²) in [5.41, 5.74) is 1.93. The van der Waals surface area contributed by atoms with E-state index >= 15 is 0 Å². The number of carbonyl (C=O) groups excluding carboxylic acids is 1. The van der Waals surface area contributed by atoms with Gasteiger partial charge < -0.3 is 9.47 Å². The standard InChI is InChI=1S/C15H17NO5/c1-4-20-15(17)12-10(3)21-14(16(18)19)13(12)11-7-5-9(2)6-8-11/h5-8,13-14H,4H2,1-3H3/t13-,14-/m1/s1. The Morgan fingerprint density at radius 2 is 1.95 bits per heavy atom. The lowest BCUT2D eigenvalue weighted by Gasteiger charge is -2.15. The molecule has 0 unspecified atom stereocenters. The minimum absolute atomic E-state index is 0.208. The van der Waals surface area contributed by atoms with E-state index in [1.54, 1.807) is 26.0 Å². The van der Waals surface area contributed by atoms with Gasteiger partial charge in [-0.3, -0.25) is 10.1 Å². The fourth-order valence-electron chi connectivity index (χ4n) is 2.42. The number of allylic oxidation sites excluding steroid dienone is 1. The van der Waals surface area contributed by atoms with E-state index in [0.717, 1.165) is 5.56 Å². The van der Waals surface area contributed by atoms with E-state index < -0.39 is 23.0 Å². The molecule has 0 fully saturated rings. The Morgan fingerprint density at radius 3 is 2.48 bits per heavy atom. The second-order valence-corrected chi connectivity index (χ2v) is 4.87. The molecule has 21 heavy (non-hydrogen) atoms. The average Bonchev–Trinajstić information content (AvgIpc) is 2.78. The first-order valence-corrected chi connectivity index (χ1v) is 6.70. The molecule has 0 saturated heterocycles. The number of benzene rings is 1. The van der Waals surface area contributed by atoms with Crippen molar-refractivity contribution in [3.63, 3.8) is 0 Å². The topological polar surface area (TPSA) is 78.7 Å². The van der Waals surface area contributed by atoms with Crippen LogP contribution >= 0.6 is 0 Å². The largest absolute Gasteiger partial charge is 0.463 e. The van der Waals surface area contributed by atoms with E-state index in [0.29, 0.717) is 5.56 Å². The molecule has 0 radical (unpaired) electrons. The Labute approximate surface area is 122 Å². The number of hydrogen-bond donors (Lipinski definition) is 0. The Morgan fingerprint density at radius 1 is 1.33 bits per heavy atom. The van der Waals surface area contributed by atoms with Crippen LogP contribution in [0.5, 0.6) is 0 Å². The van der Waals surface area contributed by atoms with Crippen LogP contribution in [0.25, 0.3) is 0 Å². The van der Waals surface area contributed by atoms with E-state index in [2.05, 4.69) is 0 Å². The Bertz CT molecular complexity index is 591. The van der Waals surface area contributed by atoms with Crippen molar-refractivity contribution in [3.8, 4) is 0 Å². The first kappa shape index (κ1) is 15.0. The summed E-state index contributed by atoms with van der Waals surface area (Å²) in [7, 11) is 0. The van der Waals surface area contributed by atoms with Gasteiger partial charge in [0.2, 0.25) is 0 Å². The van der Waals surface area contributed by atoms with Gasteiger partial charge in [0, 0.05) is 0 Å². The zero-order valence-corrected chi connectivity index (χ0v) is 12.2. The second-order valence-electron chi connectivity index (χ2n) is 4.87. The first-order valence-electron chi connectivity index (χ1n) is 6.70. The molecule has 0 aliphatic carbocycles. The molecule has 6 heteroatoms. The van der Waals surface area contributed by atoms with Crippen molar-refractivity contribution < 1.29 is 19.2 Å². The van der Waals surface area contributed by atoms with Crippen LogP contribution in [0.2, 0.25) is 0 Å². The molecule has 1 aromatic carbocycles. The monoisotopic (exact) mass is 291 g/mol. The van der Waals surface area contributed by atoms with Gasteiger partial charge in [0.25, 0.3) is 0 Å². The molecule has 2 atom stereocenters. The van der Waals surface area contributed by atoms with Crippen LogP contribution in [0.3, 0.4) is 0 Å². The first-order chi connectivity index (χ1) is 9.95. The predicted octanol–water partition coefficient (Wildman–Crippen LogP) is 2.55. The van der Waals surface area contributed by atoms with Crippen LogP contribution in [0.15, 0.2) is 35.6 Å². The van der Waals surface area contributed by atoms with Crippen LogP contribution in [0.4, 0.5) is 0 Å². The van der Waals surface area contributed by atoms with Crippen LogP contribution in [-0.2, 0) is 14.3 Å². The van der Waals surface area contributed by atoms with Crippen molar-refractivity contribution in [2.75, 3.05) is 6.61 Å². The number of nitrogens with zero attached hydrogens (tertiary/aromatic N) is 1. The fraction of sp³-hybridized carbons (Fsp3) is 0.400. The van der Waals surface area contributed by atoms with Crippen LogP contribution in [-0.4, -0.2) is 23.7 Å². The molecule has 112 valence electrons. The van der Waals surface area contributed by atoms with Gasteiger partial charge in [0.1, 0.15) is 11.7 Å². The second kappa shape index (κ2) is 5.95. The number of esters is 1. The lowest BCUT2D eigenvalue weighted by atomic mass is 9.90.